The highest BCUT2D eigenvalue weighted by atomic mass is 32.2. The molecule has 1 aliphatic rings. The van der Waals surface area contributed by atoms with Crippen molar-refractivity contribution in [2.45, 2.75) is 26.8 Å². The van der Waals surface area contributed by atoms with Crippen LogP contribution in [0.4, 0.5) is 0 Å². The molecule has 0 aromatic heterocycles. The second-order valence-electron chi connectivity index (χ2n) is 5.09. The fourth-order valence-electron chi connectivity index (χ4n) is 1.60. The Labute approximate surface area is 119 Å². The molecule has 6 heteroatoms. The molecule has 0 saturated carbocycles. The summed E-state index contributed by atoms with van der Waals surface area (Å²) in [6.07, 6.45) is 0. The average molecular weight is 288 g/mol. The van der Waals surface area contributed by atoms with Crippen LogP contribution < -0.4 is 5.32 Å². The Morgan fingerprint density at radius 1 is 1.21 bits per heavy atom. The topological polar surface area (TPSA) is 58.6 Å². The van der Waals surface area contributed by atoms with Crippen LogP contribution in [0.5, 0.6) is 0 Å². The number of carbonyl (C=O) groups is 2. The Bertz CT molecular complexity index is 304. The SMILES string of the molecule is CC(C)C(C)NC(=O)CSCC(=O)N1CCOCC1. The van der Waals surface area contributed by atoms with Crippen LogP contribution in [-0.2, 0) is 14.3 Å². The third kappa shape index (κ3) is 6.29. The zero-order valence-corrected chi connectivity index (χ0v) is 12.8. The predicted octanol–water partition coefficient (Wildman–Crippen LogP) is 0.739. The molecule has 1 heterocycles. The predicted molar refractivity (Wildman–Crippen MR) is 77.2 cm³/mol. The van der Waals surface area contributed by atoms with E-state index < -0.39 is 0 Å². The molecule has 5 nitrogen and oxygen atoms in total. The Hall–Kier alpha value is -0.750. The third-order valence-electron chi connectivity index (χ3n) is 3.21. The Balaban J connectivity index is 2.15. The summed E-state index contributed by atoms with van der Waals surface area (Å²) >= 11 is 1.37. The van der Waals surface area contributed by atoms with Crippen LogP contribution in [0.1, 0.15) is 20.8 Å². The molecular formula is C13H24N2O3S. The van der Waals surface area contributed by atoms with E-state index in [1.54, 1.807) is 4.90 Å². The summed E-state index contributed by atoms with van der Waals surface area (Å²) in [5.41, 5.74) is 0. The first kappa shape index (κ1) is 16.3. The summed E-state index contributed by atoms with van der Waals surface area (Å²) in [5, 5.41) is 2.93. The number of nitrogens with zero attached hydrogens (tertiary/aromatic N) is 1. The van der Waals surface area contributed by atoms with E-state index in [9.17, 15) is 9.59 Å². The molecular weight excluding hydrogens is 264 g/mol. The van der Waals surface area contributed by atoms with Gasteiger partial charge in [0, 0.05) is 19.1 Å². The Morgan fingerprint density at radius 3 is 2.42 bits per heavy atom. The van der Waals surface area contributed by atoms with Gasteiger partial charge in [0.15, 0.2) is 0 Å². The zero-order chi connectivity index (χ0) is 14.3. The average Bonchev–Trinajstić information content (AvgIpc) is 2.39. The first-order valence-corrected chi connectivity index (χ1v) is 7.88. The van der Waals surface area contributed by atoms with E-state index in [-0.39, 0.29) is 17.9 Å². The summed E-state index contributed by atoms with van der Waals surface area (Å²) in [5.74, 6) is 1.22. The molecule has 0 spiro atoms. The van der Waals surface area contributed by atoms with Crippen LogP contribution in [0.15, 0.2) is 0 Å². The lowest BCUT2D eigenvalue weighted by atomic mass is 10.1. The van der Waals surface area contributed by atoms with Crippen molar-refractivity contribution in [3.05, 3.63) is 0 Å². The molecule has 0 aliphatic carbocycles. The fourth-order valence-corrected chi connectivity index (χ4v) is 2.33. The highest BCUT2D eigenvalue weighted by molar-refractivity contribution is 8.00. The Kier molecular flexibility index (Phi) is 7.23. The van der Waals surface area contributed by atoms with Crippen LogP contribution in [0.2, 0.25) is 0 Å². The van der Waals surface area contributed by atoms with Crippen molar-refractivity contribution in [3.8, 4) is 0 Å². The van der Waals surface area contributed by atoms with Crippen molar-refractivity contribution in [1.29, 1.82) is 0 Å². The van der Waals surface area contributed by atoms with E-state index in [2.05, 4.69) is 19.2 Å². The normalized spacial score (nSPS) is 17.4. The van der Waals surface area contributed by atoms with Crippen molar-refractivity contribution in [3.63, 3.8) is 0 Å². The second-order valence-corrected chi connectivity index (χ2v) is 6.07. The molecule has 0 radical (unpaired) electrons. The van der Waals surface area contributed by atoms with Crippen molar-refractivity contribution < 1.29 is 14.3 Å². The number of hydrogen-bond donors (Lipinski definition) is 1. The molecule has 2 amide bonds. The number of carbonyl (C=O) groups excluding carboxylic acids is 2. The van der Waals surface area contributed by atoms with Gasteiger partial charge < -0.3 is 15.0 Å². The van der Waals surface area contributed by atoms with Gasteiger partial charge in [-0.2, -0.15) is 0 Å². The van der Waals surface area contributed by atoms with Crippen LogP contribution in [0.3, 0.4) is 0 Å². The van der Waals surface area contributed by atoms with Gasteiger partial charge in [0.05, 0.1) is 24.7 Å². The van der Waals surface area contributed by atoms with Gasteiger partial charge >= 0.3 is 0 Å². The highest BCUT2D eigenvalue weighted by Gasteiger charge is 2.17. The van der Waals surface area contributed by atoms with E-state index >= 15 is 0 Å². The molecule has 1 saturated heterocycles. The lowest BCUT2D eigenvalue weighted by Gasteiger charge is -2.26. The minimum Gasteiger partial charge on any atom is -0.378 e. The van der Waals surface area contributed by atoms with E-state index in [1.807, 2.05) is 6.92 Å². The fraction of sp³-hybridized carbons (Fsp3) is 0.846. The summed E-state index contributed by atoms with van der Waals surface area (Å²) < 4.78 is 5.19. The van der Waals surface area contributed by atoms with Gasteiger partial charge in [-0.1, -0.05) is 13.8 Å². The van der Waals surface area contributed by atoms with Gasteiger partial charge in [-0.15, -0.1) is 11.8 Å². The molecule has 0 aromatic rings. The molecule has 1 fully saturated rings. The van der Waals surface area contributed by atoms with E-state index in [0.29, 0.717) is 43.7 Å². The highest BCUT2D eigenvalue weighted by Crippen LogP contribution is 2.06. The molecule has 1 N–H and O–H groups in total. The maximum Gasteiger partial charge on any atom is 0.232 e. The van der Waals surface area contributed by atoms with Gasteiger partial charge in [-0.05, 0) is 12.8 Å². The van der Waals surface area contributed by atoms with E-state index in [4.69, 9.17) is 4.74 Å². The first-order valence-electron chi connectivity index (χ1n) is 6.73. The lowest BCUT2D eigenvalue weighted by molar-refractivity contribution is -0.132. The molecule has 0 bridgehead atoms. The van der Waals surface area contributed by atoms with Crippen LogP contribution in [0, 0.1) is 5.92 Å². The zero-order valence-electron chi connectivity index (χ0n) is 12.0. The molecule has 1 rings (SSSR count). The van der Waals surface area contributed by atoms with Gasteiger partial charge in [-0.3, -0.25) is 9.59 Å². The number of nitrogens with one attached hydrogen (secondary N) is 1. The number of ether oxygens (including phenoxy) is 1. The largest absolute Gasteiger partial charge is 0.378 e. The number of hydrogen-bond acceptors (Lipinski definition) is 4. The minimum absolute atomic E-state index is 0.000905. The smallest absolute Gasteiger partial charge is 0.232 e. The number of rotatable bonds is 6. The standard InChI is InChI=1S/C13H24N2O3S/c1-10(2)11(3)14-12(16)8-19-9-13(17)15-4-6-18-7-5-15/h10-11H,4-9H2,1-3H3,(H,14,16). The number of thioether (sulfide) groups is 1. The van der Waals surface area contributed by atoms with Gasteiger partial charge in [0.2, 0.25) is 11.8 Å². The molecule has 1 unspecified atom stereocenters. The van der Waals surface area contributed by atoms with Crippen molar-refractivity contribution in [2.24, 2.45) is 5.92 Å². The lowest BCUT2D eigenvalue weighted by Crippen LogP contribution is -2.42. The Morgan fingerprint density at radius 2 is 1.84 bits per heavy atom. The van der Waals surface area contributed by atoms with Crippen molar-refractivity contribution in [2.75, 3.05) is 37.8 Å². The summed E-state index contributed by atoms with van der Waals surface area (Å²) in [6, 6.07) is 0.169. The van der Waals surface area contributed by atoms with E-state index in [0.717, 1.165) is 0 Å². The van der Waals surface area contributed by atoms with Gasteiger partial charge in [0.25, 0.3) is 0 Å². The second kappa shape index (κ2) is 8.43. The van der Waals surface area contributed by atoms with Crippen LogP contribution in [-0.4, -0.2) is 60.6 Å². The quantitative estimate of drug-likeness (QED) is 0.783. The molecule has 0 aromatic carbocycles. The first-order chi connectivity index (χ1) is 9.00. The molecule has 1 atom stereocenters. The van der Waals surface area contributed by atoms with Crippen molar-refractivity contribution >= 4 is 23.6 Å². The number of amides is 2. The maximum absolute atomic E-state index is 11.8. The molecule has 110 valence electrons. The summed E-state index contributed by atoms with van der Waals surface area (Å²) in [4.78, 5) is 25.3. The number of morpholine rings is 1. The molecule has 1 aliphatic heterocycles. The van der Waals surface area contributed by atoms with Crippen LogP contribution >= 0.6 is 11.8 Å². The van der Waals surface area contributed by atoms with E-state index in [1.165, 1.54) is 11.8 Å². The summed E-state index contributed by atoms with van der Waals surface area (Å²) in [6.45, 7) is 8.68. The van der Waals surface area contributed by atoms with Gasteiger partial charge in [0.1, 0.15) is 0 Å². The van der Waals surface area contributed by atoms with Gasteiger partial charge in [-0.25, -0.2) is 0 Å². The summed E-state index contributed by atoms with van der Waals surface area (Å²) in [7, 11) is 0. The monoisotopic (exact) mass is 288 g/mol. The third-order valence-corrected chi connectivity index (χ3v) is 4.13. The van der Waals surface area contributed by atoms with Crippen molar-refractivity contribution in [1.82, 2.24) is 10.2 Å². The molecule has 19 heavy (non-hydrogen) atoms. The maximum atomic E-state index is 11.8. The minimum atomic E-state index is 0.000905. The van der Waals surface area contributed by atoms with Crippen LogP contribution in [0.25, 0.3) is 0 Å².